The molecule has 4 saturated heterocycles. The summed E-state index contributed by atoms with van der Waals surface area (Å²) >= 11 is 0. The third-order valence-corrected chi connectivity index (χ3v) is 11.8. The number of rotatable bonds is 5. The van der Waals surface area contributed by atoms with Gasteiger partial charge in [0, 0.05) is 89.9 Å². The molecule has 10 rings (SSSR count). The van der Waals surface area contributed by atoms with Crippen LogP contribution in [0.1, 0.15) is 18.4 Å². The molecule has 2 aromatic carbocycles. The number of fused-ring (bicyclic) bond motifs is 2. The number of hydrogen-bond donors (Lipinski definition) is 0. The lowest BCUT2D eigenvalue weighted by Gasteiger charge is -2.36. The number of amides is 2. The van der Waals surface area contributed by atoms with Crippen LogP contribution in [-0.4, -0.2) is 161 Å². The second kappa shape index (κ2) is 17.9. The van der Waals surface area contributed by atoms with E-state index in [1.807, 2.05) is 52.3 Å². The lowest BCUT2D eigenvalue weighted by Crippen LogP contribution is -2.50. The molecule has 8 heterocycles. The molecule has 6 aromatic rings. The Bertz CT molecular complexity index is 2540. The summed E-state index contributed by atoms with van der Waals surface area (Å²) in [5.74, 6) is 2.46. The Morgan fingerprint density at radius 3 is 1.60 bits per heavy atom. The van der Waals surface area contributed by atoms with Gasteiger partial charge in [0.25, 0.3) is 0 Å². The van der Waals surface area contributed by atoms with E-state index in [9.17, 15) is 22.8 Å². The van der Waals surface area contributed by atoms with Crippen molar-refractivity contribution in [1.82, 2.24) is 49.8 Å². The predicted molar refractivity (Wildman–Crippen MR) is 229 cm³/mol. The van der Waals surface area contributed by atoms with Crippen LogP contribution in [0, 0.1) is 0 Å². The molecule has 0 aliphatic carbocycles. The number of nitrogens with zero attached hydrogens (tertiary/aromatic N) is 14. The lowest BCUT2D eigenvalue weighted by molar-refractivity contribution is -0.137. The van der Waals surface area contributed by atoms with Gasteiger partial charge in [0.1, 0.15) is 28.4 Å². The Morgan fingerprint density at radius 1 is 0.587 bits per heavy atom. The highest BCUT2D eigenvalue weighted by Crippen LogP contribution is 2.32. The van der Waals surface area contributed by atoms with E-state index in [4.69, 9.17) is 14.5 Å². The number of halogens is 3. The van der Waals surface area contributed by atoms with E-state index in [2.05, 4.69) is 40.3 Å². The lowest BCUT2D eigenvalue weighted by atomic mass is 10.1. The summed E-state index contributed by atoms with van der Waals surface area (Å²) in [6.45, 7) is 8.94. The Morgan fingerprint density at radius 2 is 1.10 bits per heavy atom. The first-order valence-corrected chi connectivity index (χ1v) is 21.1. The van der Waals surface area contributed by atoms with Crippen LogP contribution in [0.2, 0.25) is 0 Å². The quantitative estimate of drug-likeness (QED) is 0.235. The first kappa shape index (κ1) is 41.6. The van der Waals surface area contributed by atoms with Gasteiger partial charge in [-0.05, 0) is 79.6 Å². The van der Waals surface area contributed by atoms with Crippen LogP contribution < -0.4 is 24.3 Å². The standard InChI is InChI=1S/C21H22F3N7O2.C21H25N7O2/c22-21(23,24)15-2-1-3-16(14-15)28-6-8-30(9-7-28)20(32)31-19-17(26-27-31)4-5-18(25-19)29-10-12-33-13-11-29;1-30-17-6-4-16(5-7-17)25-12-14-27(15-13-25)21(29)28-20-18(23-24-28)8-9-19(22-20)26-10-2-3-11-26/h1-5,14H,6-13H2;4-9H,2-3,10-15H2,1H3. The number of carbonyl (C=O) groups excluding carboxylic acids is 2. The van der Waals surface area contributed by atoms with Crippen LogP contribution >= 0.6 is 0 Å². The minimum Gasteiger partial charge on any atom is -0.497 e. The maximum Gasteiger partial charge on any atom is 0.416 e. The van der Waals surface area contributed by atoms with E-state index in [0.717, 1.165) is 61.4 Å². The number of pyridine rings is 2. The molecular formula is C42H47F3N14O4. The monoisotopic (exact) mass is 868 g/mol. The van der Waals surface area contributed by atoms with Gasteiger partial charge in [0.15, 0.2) is 11.3 Å². The van der Waals surface area contributed by atoms with Gasteiger partial charge in [-0.2, -0.15) is 13.2 Å². The SMILES string of the molecule is COc1ccc(N2CCN(C(=O)n3nnc4ccc(N5CCCC5)nc43)CC2)cc1.O=C(N1CCN(c2cccc(C(F)(F)F)c2)CC1)n1nnc2ccc(N3CCOCC3)nc21. The Balaban J connectivity index is 0.000000161. The normalized spacial score (nSPS) is 17.3. The van der Waals surface area contributed by atoms with Crippen LogP contribution in [0.25, 0.3) is 22.3 Å². The molecule has 0 unspecified atom stereocenters. The number of carbonyl (C=O) groups is 2. The molecule has 18 nitrogen and oxygen atoms in total. The summed E-state index contributed by atoms with van der Waals surface area (Å²) in [4.78, 5) is 47.5. The summed E-state index contributed by atoms with van der Waals surface area (Å²) in [6, 6.07) is 20.2. The molecular weight excluding hydrogens is 822 g/mol. The van der Waals surface area contributed by atoms with Crippen molar-refractivity contribution >= 4 is 57.4 Å². The van der Waals surface area contributed by atoms with Gasteiger partial charge in [0.05, 0.1) is 25.9 Å². The second-order valence-corrected chi connectivity index (χ2v) is 15.6. The zero-order valence-electron chi connectivity index (χ0n) is 34.8. The molecule has 2 amide bonds. The fourth-order valence-corrected chi connectivity index (χ4v) is 8.20. The van der Waals surface area contributed by atoms with Gasteiger partial charge < -0.3 is 38.9 Å². The van der Waals surface area contributed by atoms with Gasteiger partial charge >= 0.3 is 18.2 Å². The highest BCUT2D eigenvalue weighted by Gasteiger charge is 2.32. The number of hydrogen-bond acceptors (Lipinski definition) is 14. The molecule has 4 fully saturated rings. The van der Waals surface area contributed by atoms with Crippen molar-refractivity contribution in [3.63, 3.8) is 0 Å². The van der Waals surface area contributed by atoms with Crippen molar-refractivity contribution in [1.29, 1.82) is 0 Å². The Hall–Kier alpha value is -6.77. The predicted octanol–water partition coefficient (Wildman–Crippen LogP) is 4.70. The molecule has 0 radical (unpaired) electrons. The molecule has 4 aromatic heterocycles. The van der Waals surface area contributed by atoms with Gasteiger partial charge in [0.2, 0.25) is 0 Å². The van der Waals surface area contributed by atoms with E-state index in [-0.39, 0.29) is 12.1 Å². The largest absolute Gasteiger partial charge is 0.497 e. The van der Waals surface area contributed by atoms with Gasteiger partial charge in [-0.3, -0.25) is 0 Å². The van der Waals surface area contributed by atoms with Crippen molar-refractivity contribution in [3.8, 4) is 5.75 Å². The molecule has 0 spiro atoms. The van der Waals surface area contributed by atoms with Crippen molar-refractivity contribution < 1.29 is 32.2 Å². The molecule has 21 heteroatoms. The van der Waals surface area contributed by atoms with Crippen LogP contribution in [0.15, 0.2) is 72.8 Å². The van der Waals surface area contributed by atoms with Crippen molar-refractivity contribution in [2.45, 2.75) is 19.0 Å². The average Bonchev–Trinajstić information content (AvgIpc) is 4.12. The van der Waals surface area contributed by atoms with Gasteiger partial charge in [-0.25, -0.2) is 19.6 Å². The van der Waals surface area contributed by atoms with E-state index in [1.165, 1.54) is 28.3 Å². The summed E-state index contributed by atoms with van der Waals surface area (Å²) < 4.78 is 52.2. The van der Waals surface area contributed by atoms with Crippen LogP contribution in [-0.2, 0) is 10.9 Å². The molecule has 0 N–H and O–H groups in total. The highest BCUT2D eigenvalue weighted by atomic mass is 19.4. The number of morpholine rings is 1. The fourth-order valence-electron chi connectivity index (χ4n) is 8.20. The maximum atomic E-state index is 13.1. The highest BCUT2D eigenvalue weighted by molar-refractivity contribution is 5.87. The zero-order chi connectivity index (χ0) is 43.5. The number of piperazine rings is 2. The van der Waals surface area contributed by atoms with E-state index < -0.39 is 11.7 Å². The van der Waals surface area contributed by atoms with Crippen molar-refractivity contribution in [3.05, 3.63) is 78.4 Å². The topological polar surface area (TPSA) is 159 Å². The smallest absolute Gasteiger partial charge is 0.416 e. The Labute approximate surface area is 360 Å². The van der Waals surface area contributed by atoms with Crippen LogP contribution in [0.5, 0.6) is 5.75 Å². The van der Waals surface area contributed by atoms with Gasteiger partial charge in [-0.1, -0.05) is 16.5 Å². The zero-order valence-corrected chi connectivity index (χ0v) is 34.8. The van der Waals surface area contributed by atoms with E-state index >= 15 is 0 Å². The number of anilines is 4. The summed E-state index contributed by atoms with van der Waals surface area (Å²) in [6.07, 6.45) is -2.04. The van der Waals surface area contributed by atoms with E-state index in [1.54, 1.807) is 24.1 Å². The average molecular weight is 869 g/mol. The molecule has 63 heavy (non-hydrogen) atoms. The first-order valence-electron chi connectivity index (χ1n) is 21.1. The minimum atomic E-state index is -4.39. The summed E-state index contributed by atoms with van der Waals surface area (Å²) in [7, 11) is 1.66. The molecule has 330 valence electrons. The summed E-state index contributed by atoms with van der Waals surface area (Å²) in [5, 5.41) is 16.3. The molecule has 4 aliphatic heterocycles. The van der Waals surface area contributed by atoms with Crippen molar-refractivity contribution in [2.75, 3.05) is 118 Å². The molecule has 0 saturated carbocycles. The van der Waals surface area contributed by atoms with Crippen LogP contribution in [0.3, 0.4) is 0 Å². The van der Waals surface area contributed by atoms with Crippen LogP contribution in [0.4, 0.5) is 45.8 Å². The summed E-state index contributed by atoms with van der Waals surface area (Å²) in [5.41, 5.74) is 3.00. The third kappa shape index (κ3) is 8.95. The first-order chi connectivity index (χ1) is 30.6. The van der Waals surface area contributed by atoms with Crippen molar-refractivity contribution in [2.24, 2.45) is 0 Å². The minimum absolute atomic E-state index is 0.169. The van der Waals surface area contributed by atoms with E-state index in [0.29, 0.717) is 93.6 Å². The number of alkyl halides is 3. The van der Waals surface area contributed by atoms with Gasteiger partial charge in [-0.15, -0.1) is 19.6 Å². The number of benzene rings is 2. The maximum absolute atomic E-state index is 13.1. The fraction of sp³-hybridized carbons (Fsp3) is 0.429. The Kier molecular flexibility index (Phi) is 11.8. The number of methoxy groups -OCH3 is 1. The molecule has 0 bridgehead atoms. The molecule has 4 aliphatic rings. The number of aromatic nitrogens is 8. The number of ether oxygens (including phenoxy) is 2. The molecule has 0 atom stereocenters. The third-order valence-electron chi connectivity index (χ3n) is 11.8. The second-order valence-electron chi connectivity index (χ2n) is 15.6.